The third-order valence-electron chi connectivity index (χ3n) is 2.91. The fraction of sp³-hybridized carbons (Fsp3) is 0.462. The lowest BCUT2D eigenvalue weighted by molar-refractivity contribution is -0.139. The van der Waals surface area contributed by atoms with Crippen LogP contribution in [0.5, 0.6) is 0 Å². The van der Waals surface area contributed by atoms with Crippen molar-refractivity contribution in [2.45, 2.75) is 32.0 Å². The van der Waals surface area contributed by atoms with E-state index in [4.69, 9.17) is 5.11 Å². The maximum absolute atomic E-state index is 12.4. The highest BCUT2D eigenvalue weighted by atomic mass is 19.4. The van der Waals surface area contributed by atoms with Gasteiger partial charge in [0.25, 0.3) is 0 Å². The Hall–Kier alpha value is -1.56. The number of carbonyl (C=O) groups is 1. The highest BCUT2D eigenvalue weighted by Crippen LogP contribution is 2.30. The summed E-state index contributed by atoms with van der Waals surface area (Å²) >= 11 is 0. The summed E-state index contributed by atoms with van der Waals surface area (Å²) in [7, 11) is 0. The average Bonchev–Trinajstić information content (AvgIpc) is 2.34. The van der Waals surface area contributed by atoms with Gasteiger partial charge in [0.15, 0.2) is 0 Å². The lowest BCUT2D eigenvalue weighted by Gasteiger charge is -2.16. The fourth-order valence-corrected chi connectivity index (χ4v) is 1.56. The van der Waals surface area contributed by atoms with Gasteiger partial charge in [0.2, 0.25) is 0 Å². The Kier molecular flexibility index (Phi) is 4.94. The molecular weight excluding hydrogens is 259 g/mol. The van der Waals surface area contributed by atoms with Gasteiger partial charge >= 0.3 is 12.1 Å². The summed E-state index contributed by atoms with van der Waals surface area (Å²) in [6, 6.07) is 4.22. The van der Waals surface area contributed by atoms with Gasteiger partial charge in [-0.05, 0) is 30.5 Å². The summed E-state index contributed by atoms with van der Waals surface area (Å²) in [5, 5.41) is 11.5. The predicted molar refractivity (Wildman–Crippen MR) is 65.0 cm³/mol. The summed E-state index contributed by atoms with van der Waals surface area (Å²) in [5.74, 6) is -1.02. The van der Waals surface area contributed by atoms with Gasteiger partial charge in [0.05, 0.1) is 5.56 Å². The molecule has 0 aliphatic heterocycles. The lowest BCUT2D eigenvalue weighted by Crippen LogP contribution is -2.35. The summed E-state index contributed by atoms with van der Waals surface area (Å²) in [6.45, 7) is 3.73. The third kappa shape index (κ3) is 4.55. The van der Waals surface area contributed by atoms with Gasteiger partial charge < -0.3 is 10.4 Å². The van der Waals surface area contributed by atoms with E-state index >= 15 is 0 Å². The molecule has 0 fully saturated rings. The Balaban J connectivity index is 2.63. The molecule has 0 saturated heterocycles. The van der Waals surface area contributed by atoms with Gasteiger partial charge in [-0.3, -0.25) is 4.79 Å². The lowest BCUT2D eigenvalue weighted by atomic mass is 9.99. The van der Waals surface area contributed by atoms with Crippen LogP contribution in [0, 0.1) is 0 Å². The zero-order valence-corrected chi connectivity index (χ0v) is 10.7. The van der Waals surface area contributed by atoms with Gasteiger partial charge in [0.1, 0.15) is 6.04 Å². The Morgan fingerprint density at radius 3 is 2.21 bits per heavy atom. The van der Waals surface area contributed by atoms with Crippen LogP contribution in [0.1, 0.15) is 30.9 Å². The Morgan fingerprint density at radius 2 is 1.79 bits per heavy atom. The monoisotopic (exact) mass is 275 g/mol. The Morgan fingerprint density at radius 1 is 1.26 bits per heavy atom. The Bertz CT molecular complexity index is 429. The van der Waals surface area contributed by atoms with Gasteiger partial charge in [-0.2, -0.15) is 13.2 Å². The molecule has 106 valence electrons. The smallest absolute Gasteiger partial charge is 0.416 e. The highest BCUT2D eigenvalue weighted by Gasteiger charge is 2.30. The first-order chi connectivity index (χ1) is 8.71. The quantitative estimate of drug-likeness (QED) is 0.868. The average molecular weight is 275 g/mol. The zero-order chi connectivity index (χ0) is 14.6. The van der Waals surface area contributed by atoms with Crippen LogP contribution in [0.4, 0.5) is 13.2 Å². The molecule has 2 atom stereocenters. The second kappa shape index (κ2) is 6.06. The zero-order valence-electron chi connectivity index (χ0n) is 10.7. The molecule has 0 aliphatic carbocycles. The van der Waals surface area contributed by atoms with E-state index in [-0.39, 0.29) is 5.92 Å². The van der Waals surface area contributed by atoms with Crippen LogP contribution in [-0.4, -0.2) is 23.7 Å². The van der Waals surface area contributed by atoms with Crippen molar-refractivity contribution in [2.75, 3.05) is 6.54 Å². The van der Waals surface area contributed by atoms with Crippen LogP contribution in [0.25, 0.3) is 0 Å². The SMILES string of the molecule is CC(NCC(C)c1ccc(C(F)(F)F)cc1)C(=O)O. The number of rotatable bonds is 5. The van der Waals surface area contributed by atoms with Crippen molar-refractivity contribution in [3.63, 3.8) is 0 Å². The molecule has 0 aliphatic rings. The third-order valence-corrected chi connectivity index (χ3v) is 2.91. The number of hydrogen-bond acceptors (Lipinski definition) is 2. The molecule has 19 heavy (non-hydrogen) atoms. The molecule has 2 unspecified atom stereocenters. The molecule has 1 aromatic carbocycles. The van der Waals surface area contributed by atoms with Crippen molar-refractivity contribution in [3.8, 4) is 0 Å². The second-order valence-corrected chi connectivity index (χ2v) is 4.49. The summed E-state index contributed by atoms with van der Waals surface area (Å²) in [4.78, 5) is 10.6. The van der Waals surface area contributed by atoms with Crippen molar-refractivity contribution in [1.82, 2.24) is 5.32 Å². The van der Waals surface area contributed by atoms with E-state index in [1.807, 2.05) is 6.92 Å². The molecule has 0 saturated carbocycles. The minimum atomic E-state index is -4.34. The molecular formula is C13H16F3NO2. The van der Waals surface area contributed by atoms with E-state index in [9.17, 15) is 18.0 Å². The van der Waals surface area contributed by atoms with E-state index < -0.39 is 23.8 Å². The maximum Gasteiger partial charge on any atom is 0.416 e. The van der Waals surface area contributed by atoms with Crippen molar-refractivity contribution >= 4 is 5.97 Å². The number of hydrogen-bond donors (Lipinski definition) is 2. The first-order valence-corrected chi connectivity index (χ1v) is 5.85. The van der Waals surface area contributed by atoms with Crippen molar-refractivity contribution in [3.05, 3.63) is 35.4 Å². The van der Waals surface area contributed by atoms with Crippen molar-refractivity contribution < 1.29 is 23.1 Å². The molecule has 3 nitrogen and oxygen atoms in total. The first-order valence-electron chi connectivity index (χ1n) is 5.85. The fourth-order valence-electron chi connectivity index (χ4n) is 1.56. The second-order valence-electron chi connectivity index (χ2n) is 4.49. The Labute approximate surface area is 109 Å². The predicted octanol–water partition coefficient (Wildman–Crippen LogP) is 2.87. The van der Waals surface area contributed by atoms with E-state index in [0.29, 0.717) is 6.54 Å². The van der Waals surface area contributed by atoms with Gasteiger partial charge in [-0.15, -0.1) is 0 Å². The molecule has 0 radical (unpaired) electrons. The number of alkyl halides is 3. The first kappa shape index (κ1) is 15.5. The van der Waals surface area contributed by atoms with Crippen LogP contribution >= 0.6 is 0 Å². The van der Waals surface area contributed by atoms with Gasteiger partial charge in [-0.25, -0.2) is 0 Å². The van der Waals surface area contributed by atoms with E-state index in [1.165, 1.54) is 19.1 Å². The topological polar surface area (TPSA) is 49.3 Å². The van der Waals surface area contributed by atoms with E-state index in [2.05, 4.69) is 5.32 Å². The molecule has 2 N–H and O–H groups in total. The molecule has 0 aromatic heterocycles. The number of benzene rings is 1. The number of aliphatic carboxylic acids is 1. The molecule has 0 spiro atoms. The normalized spacial score (nSPS) is 15.0. The molecule has 0 amide bonds. The van der Waals surface area contributed by atoms with E-state index in [0.717, 1.165) is 17.7 Å². The van der Waals surface area contributed by atoms with E-state index in [1.54, 1.807) is 0 Å². The van der Waals surface area contributed by atoms with Crippen molar-refractivity contribution in [2.24, 2.45) is 0 Å². The highest BCUT2D eigenvalue weighted by molar-refractivity contribution is 5.72. The molecule has 0 heterocycles. The molecule has 1 rings (SSSR count). The number of halogens is 3. The maximum atomic E-state index is 12.4. The van der Waals surface area contributed by atoms with Crippen LogP contribution in [0.15, 0.2) is 24.3 Å². The minimum absolute atomic E-state index is 0.0657. The molecule has 6 heteroatoms. The van der Waals surface area contributed by atoms with Crippen LogP contribution in [-0.2, 0) is 11.0 Å². The van der Waals surface area contributed by atoms with Crippen molar-refractivity contribution in [1.29, 1.82) is 0 Å². The van der Waals surface area contributed by atoms with Gasteiger partial charge in [-0.1, -0.05) is 19.1 Å². The van der Waals surface area contributed by atoms with Crippen LogP contribution in [0.2, 0.25) is 0 Å². The molecule has 0 bridgehead atoms. The summed E-state index contributed by atoms with van der Waals surface area (Å²) < 4.78 is 37.2. The summed E-state index contributed by atoms with van der Waals surface area (Å²) in [6.07, 6.45) is -4.34. The van der Waals surface area contributed by atoms with Crippen LogP contribution < -0.4 is 5.32 Å². The molecule has 1 aromatic rings. The number of carboxylic acid groups (broad SMARTS) is 1. The van der Waals surface area contributed by atoms with Crippen LogP contribution in [0.3, 0.4) is 0 Å². The number of carboxylic acids is 1. The largest absolute Gasteiger partial charge is 0.480 e. The number of nitrogens with one attached hydrogen (secondary N) is 1. The van der Waals surface area contributed by atoms with Gasteiger partial charge in [0, 0.05) is 6.54 Å². The standard InChI is InChI=1S/C13H16F3NO2/c1-8(7-17-9(2)12(18)19)10-3-5-11(6-4-10)13(14,15)16/h3-6,8-9,17H,7H2,1-2H3,(H,18,19). The minimum Gasteiger partial charge on any atom is -0.480 e. The summed E-state index contributed by atoms with van der Waals surface area (Å²) in [5.41, 5.74) is 0.0494.